The van der Waals surface area contributed by atoms with Gasteiger partial charge in [0.05, 0.1) is 6.61 Å². The summed E-state index contributed by atoms with van der Waals surface area (Å²) in [6.07, 6.45) is 20.2. The fraction of sp³-hybridized carbons (Fsp3) is 0.692. The minimum absolute atomic E-state index is 0.740. The first-order chi connectivity index (χ1) is 13.3. The Morgan fingerprint density at radius 3 is 2.33 bits per heavy atom. The number of ether oxygens (including phenoxy) is 1. The molecule has 1 aromatic carbocycles. The van der Waals surface area contributed by atoms with Crippen LogP contribution in [0.4, 0.5) is 0 Å². The standard InChI is InChI=1S/C26H40O/c1-3-5-9-21-12-14-23(15-13-21)26(20-22-10-7-6-8-11-22)24-16-18-25(19-17-24)27-4-2/h6-7,16-19,21-23,26H,3-5,8-15,20H2,1-2H3. The van der Waals surface area contributed by atoms with Gasteiger partial charge in [-0.1, -0.05) is 63.3 Å². The van der Waals surface area contributed by atoms with Crippen molar-refractivity contribution < 1.29 is 4.74 Å². The van der Waals surface area contributed by atoms with Gasteiger partial charge in [0.2, 0.25) is 0 Å². The summed E-state index contributed by atoms with van der Waals surface area (Å²) in [5.74, 6) is 4.52. The van der Waals surface area contributed by atoms with Crippen LogP contribution >= 0.6 is 0 Å². The largest absolute Gasteiger partial charge is 0.494 e. The summed E-state index contributed by atoms with van der Waals surface area (Å²) in [6.45, 7) is 5.13. The molecule has 0 bridgehead atoms. The zero-order chi connectivity index (χ0) is 18.9. The van der Waals surface area contributed by atoms with Gasteiger partial charge in [-0.2, -0.15) is 0 Å². The van der Waals surface area contributed by atoms with Gasteiger partial charge in [0, 0.05) is 0 Å². The van der Waals surface area contributed by atoms with Crippen LogP contribution in [-0.4, -0.2) is 6.61 Å². The summed E-state index contributed by atoms with van der Waals surface area (Å²) >= 11 is 0. The van der Waals surface area contributed by atoms with E-state index in [2.05, 4.69) is 50.3 Å². The normalized spacial score (nSPS) is 26.7. The lowest BCUT2D eigenvalue weighted by Crippen LogP contribution is -2.23. The Morgan fingerprint density at radius 2 is 1.70 bits per heavy atom. The lowest BCUT2D eigenvalue weighted by molar-refractivity contribution is 0.210. The van der Waals surface area contributed by atoms with E-state index in [1.807, 2.05) is 0 Å². The van der Waals surface area contributed by atoms with E-state index >= 15 is 0 Å². The molecule has 1 fully saturated rings. The quantitative estimate of drug-likeness (QED) is 0.402. The highest BCUT2D eigenvalue weighted by atomic mass is 16.5. The molecule has 0 spiro atoms. The van der Waals surface area contributed by atoms with Crippen LogP contribution < -0.4 is 4.74 Å². The van der Waals surface area contributed by atoms with E-state index in [4.69, 9.17) is 4.74 Å². The number of hydrogen-bond donors (Lipinski definition) is 0. The number of rotatable bonds is 9. The van der Waals surface area contributed by atoms with E-state index in [0.717, 1.165) is 36.0 Å². The Bertz CT molecular complexity index is 550. The van der Waals surface area contributed by atoms with E-state index in [1.54, 1.807) is 5.56 Å². The lowest BCUT2D eigenvalue weighted by atomic mass is 9.69. The second kappa shape index (κ2) is 10.9. The number of hydrogen-bond acceptors (Lipinski definition) is 1. The Kier molecular flexibility index (Phi) is 8.30. The highest BCUT2D eigenvalue weighted by Gasteiger charge is 2.30. The molecule has 3 rings (SSSR count). The Morgan fingerprint density at radius 1 is 0.926 bits per heavy atom. The fourth-order valence-electron chi connectivity index (χ4n) is 5.38. The van der Waals surface area contributed by atoms with Gasteiger partial charge < -0.3 is 4.74 Å². The third-order valence-electron chi connectivity index (χ3n) is 7.01. The second-order valence-corrected chi connectivity index (χ2v) is 8.92. The second-order valence-electron chi connectivity index (χ2n) is 8.92. The van der Waals surface area contributed by atoms with Crippen molar-refractivity contribution in [3.63, 3.8) is 0 Å². The molecular weight excluding hydrogens is 328 g/mol. The highest BCUT2D eigenvalue weighted by Crippen LogP contribution is 2.44. The first kappa shape index (κ1) is 20.5. The fourth-order valence-corrected chi connectivity index (χ4v) is 5.38. The van der Waals surface area contributed by atoms with E-state index in [9.17, 15) is 0 Å². The van der Waals surface area contributed by atoms with Crippen molar-refractivity contribution in [3.8, 4) is 5.75 Å². The van der Waals surface area contributed by atoms with Crippen molar-refractivity contribution in [1.29, 1.82) is 0 Å². The summed E-state index contributed by atoms with van der Waals surface area (Å²) in [5.41, 5.74) is 1.56. The van der Waals surface area contributed by atoms with E-state index in [0.29, 0.717) is 0 Å². The van der Waals surface area contributed by atoms with Crippen LogP contribution in [0.1, 0.15) is 96.0 Å². The van der Waals surface area contributed by atoms with Gasteiger partial charge in [-0.3, -0.25) is 0 Å². The maximum Gasteiger partial charge on any atom is 0.119 e. The Balaban J connectivity index is 1.67. The van der Waals surface area contributed by atoms with Gasteiger partial charge in [0.15, 0.2) is 0 Å². The molecule has 1 saturated carbocycles. The molecule has 0 radical (unpaired) electrons. The maximum atomic E-state index is 5.68. The van der Waals surface area contributed by atoms with Crippen LogP contribution in [0.15, 0.2) is 36.4 Å². The molecule has 0 amide bonds. The van der Waals surface area contributed by atoms with Gasteiger partial charge in [-0.15, -0.1) is 0 Å². The van der Waals surface area contributed by atoms with Crippen molar-refractivity contribution in [1.82, 2.24) is 0 Å². The first-order valence-corrected chi connectivity index (χ1v) is 11.7. The van der Waals surface area contributed by atoms with Crippen molar-refractivity contribution in [3.05, 3.63) is 42.0 Å². The van der Waals surface area contributed by atoms with Gasteiger partial charge in [-0.05, 0) is 86.8 Å². The predicted octanol–water partition coefficient (Wildman–Crippen LogP) is 7.91. The topological polar surface area (TPSA) is 9.23 Å². The zero-order valence-corrected chi connectivity index (χ0v) is 17.7. The molecule has 2 unspecified atom stereocenters. The SMILES string of the molecule is CCCCC1CCC(C(CC2CC=CCC2)c2ccc(OCC)cc2)CC1. The Hall–Kier alpha value is -1.24. The van der Waals surface area contributed by atoms with Crippen LogP contribution in [0.3, 0.4) is 0 Å². The van der Waals surface area contributed by atoms with E-state index < -0.39 is 0 Å². The molecule has 0 saturated heterocycles. The van der Waals surface area contributed by atoms with Crippen LogP contribution in [0, 0.1) is 17.8 Å². The van der Waals surface area contributed by atoms with Crippen LogP contribution in [-0.2, 0) is 0 Å². The number of allylic oxidation sites excluding steroid dienone is 2. The third kappa shape index (κ3) is 6.13. The molecule has 0 aliphatic heterocycles. The summed E-state index contributed by atoms with van der Waals surface area (Å²) in [6, 6.07) is 9.11. The highest BCUT2D eigenvalue weighted by molar-refractivity contribution is 5.30. The molecule has 2 aliphatic carbocycles. The predicted molar refractivity (Wildman–Crippen MR) is 116 cm³/mol. The van der Waals surface area contributed by atoms with Crippen LogP contribution in [0.5, 0.6) is 5.75 Å². The van der Waals surface area contributed by atoms with Gasteiger partial charge in [-0.25, -0.2) is 0 Å². The minimum atomic E-state index is 0.740. The first-order valence-electron chi connectivity index (χ1n) is 11.7. The van der Waals surface area contributed by atoms with Crippen molar-refractivity contribution >= 4 is 0 Å². The van der Waals surface area contributed by atoms with Crippen molar-refractivity contribution in [2.75, 3.05) is 6.61 Å². The average Bonchev–Trinajstić information content (AvgIpc) is 2.73. The molecule has 0 aromatic heterocycles. The van der Waals surface area contributed by atoms with Crippen LogP contribution in [0.2, 0.25) is 0 Å². The van der Waals surface area contributed by atoms with E-state index in [-0.39, 0.29) is 0 Å². The lowest BCUT2D eigenvalue weighted by Gasteiger charge is -2.36. The zero-order valence-electron chi connectivity index (χ0n) is 17.7. The van der Waals surface area contributed by atoms with Crippen molar-refractivity contribution in [2.45, 2.75) is 90.4 Å². The monoisotopic (exact) mass is 368 g/mol. The number of benzene rings is 1. The molecule has 1 aromatic rings. The van der Waals surface area contributed by atoms with Gasteiger partial charge in [0.1, 0.15) is 5.75 Å². The molecular formula is C26H40O. The van der Waals surface area contributed by atoms with Crippen LogP contribution in [0.25, 0.3) is 0 Å². The van der Waals surface area contributed by atoms with Gasteiger partial charge >= 0.3 is 0 Å². The average molecular weight is 369 g/mol. The Labute approximate surface area is 167 Å². The van der Waals surface area contributed by atoms with E-state index in [1.165, 1.54) is 70.6 Å². The molecule has 2 atom stereocenters. The summed E-state index contributed by atoms with van der Waals surface area (Å²) in [7, 11) is 0. The smallest absolute Gasteiger partial charge is 0.119 e. The maximum absolute atomic E-state index is 5.68. The molecule has 27 heavy (non-hydrogen) atoms. The molecule has 0 heterocycles. The minimum Gasteiger partial charge on any atom is -0.494 e. The summed E-state index contributed by atoms with van der Waals surface area (Å²) < 4.78 is 5.68. The molecule has 1 heteroatoms. The molecule has 150 valence electrons. The van der Waals surface area contributed by atoms with Crippen molar-refractivity contribution in [2.24, 2.45) is 17.8 Å². The number of unbranched alkanes of at least 4 members (excludes halogenated alkanes) is 1. The molecule has 0 N–H and O–H groups in total. The summed E-state index contributed by atoms with van der Waals surface area (Å²) in [5, 5.41) is 0. The van der Waals surface area contributed by atoms with Gasteiger partial charge in [0.25, 0.3) is 0 Å². The third-order valence-corrected chi connectivity index (χ3v) is 7.01. The summed E-state index contributed by atoms with van der Waals surface area (Å²) in [4.78, 5) is 0. The molecule has 1 nitrogen and oxygen atoms in total. The molecule has 2 aliphatic rings.